The minimum atomic E-state index is -0.781. The third-order valence-corrected chi connectivity index (χ3v) is 5.00. The lowest BCUT2D eigenvalue weighted by Crippen LogP contribution is -2.51. The van der Waals surface area contributed by atoms with Crippen LogP contribution < -0.4 is 10.6 Å². The maximum absolute atomic E-state index is 12.6. The van der Waals surface area contributed by atoms with Crippen molar-refractivity contribution in [1.29, 1.82) is 0 Å². The first kappa shape index (κ1) is 18.0. The molecule has 1 aromatic rings. The normalized spacial score (nSPS) is 26.1. The third kappa shape index (κ3) is 4.08. The lowest BCUT2D eigenvalue weighted by atomic mass is 9.89. The summed E-state index contributed by atoms with van der Waals surface area (Å²) in [7, 11) is 0. The molecule has 2 heterocycles. The number of urea groups is 1. The molecule has 8 heteroatoms. The van der Waals surface area contributed by atoms with Crippen molar-refractivity contribution in [1.82, 2.24) is 10.6 Å². The van der Waals surface area contributed by atoms with E-state index in [1.165, 1.54) is 0 Å². The van der Waals surface area contributed by atoms with E-state index in [0.717, 1.165) is 12.8 Å². The minimum absolute atomic E-state index is 0.0771. The Morgan fingerprint density at radius 3 is 2.84 bits per heavy atom. The van der Waals surface area contributed by atoms with Crippen molar-refractivity contribution < 1.29 is 19.1 Å². The molecule has 0 saturated carbocycles. The predicted octanol–water partition coefficient (Wildman–Crippen LogP) is 3.20. The van der Waals surface area contributed by atoms with Crippen molar-refractivity contribution in [3.8, 4) is 0 Å². The molecule has 2 aliphatic rings. The van der Waals surface area contributed by atoms with Gasteiger partial charge in [-0.1, -0.05) is 35.8 Å². The van der Waals surface area contributed by atoms with Crippen LogP contribution in [0.2, 0.25) is 10.0 Å². The zero-order chi connectivity index (χ0) is 18.0. The second-order valence-electron chi connectivity index (χ2n) is 6.02. The number of esters is 1. The molecule has 0 aromatic heterocycles. The van der Waals surface area contributed by atoms with Gasteiger partial charge in [-0.15, -0.1) is 0 Å². The molecule has 2 amide bonds. The zero-order valence-corrected chi connectivity index (χ0v) is 14.9. The number of hydrogen-bond acceptors (Lipinski definition) is 4. The van der Waals surface area contributed by atoms with Crippen LogP contribution in [0.15, 0.2) is 30.5 Å². The van der Waals surface area contributed by atoms with E-state index in [9.17, 15) is 9.59 Å². The molecule has 25 heavy (non-hydrogen) atoms. The quantitative estimate of drug-likeness (QED) is 0.781. The van der Waals surface area contributed by atoms with E-state index in [4.69, 9.17) is 32.7 Å². The van der Waals surface area contributed by atoms with Gasteiger partial charge in [0.1, 0.15) is 12.5 Å². The zero-order valence-electron chi connectivity index (χ0n) is 13.4. The van der Waals surface area contributed by atoms with Crippen LogP contribution in [-0.4, -0.2) is 31.3 Å². The molecule has 1 aromatic carbocycles. The lowest BCUT2D eigenvalue weighted by Gasteiger charge is -2.33. The predicted molar refractivity (Wildman–Crippen MR) is 93.4 cm³/mol. The molecule has 2 aliphatic heterocycles. The van der Waals surface area contributed by atoms with E-state index in [2.05, 4.69) is 17.2 Å². The summed E-state index contributed by atoms with van der Waals surface area (Å²) in [6.07, 6.45) is 1.75. The number of rotatable bonds is 4. The molecule has 2 fully saturated rings. The number of ether oxygens (including phenoxy) is 2. The molecule has 0 radical (unpaired) electrons. The Bertz CT molecular complexity index is 704. The SMILES string of the molecule is C=C1NC(=O)NC(c2ccc(Cl)c(Cl)c2)C1C(=O)OCC1CCCO1. The van der Waals surface area contributed by atoms with Gasteiger partial charge < -0.3 is 20.1 Å². The standard InChI is InChI=1S/C17H18Cl2N2O4/c1-9-14(16(22)25-8-11-3-2-6-24-11)15(21-17(23)20-9)10-4-5-12(18)13(19)7-10/h4-5,7,11,14-15H,1-3,6,8H2,(H2,20,21,23). The van der Waals surface area contributed by atoms with E-state index in [1.807, 2.05) is 0 Å². The van der Waals surface area contributed by atoms with Crippen LogP contribution in [0.25, 0.3) is 0 Å². The van der Waals surface area contributed by atoms with Crippen LogP contribution in [0, 0.1) is 5.92 Å². The third-order valence-electron chi connectivity index (χ3n) is 4.26. The fourth-order valence-corrected chi connectivity index (χ4v) is 3.29. The monoisotopic (exact) mass is 384 g/mol. The lowest BCUT2D eigenvalue weighted by molar-refractivity contribution is -0.151. The topological polar surface area (TPSA) is 76.7 Å². The van der Waals surface area contributed by atoms with Gasteiger partial charge in [0.15, 0.2) is 0 Å². The molecular weight excluding hydrogens is 367 g/mol. The highest BCUT2D eigenvalue weighted by Gasteiger charge is 2.39. The van der Waals surface area contributed by atoms with Gasteiger partial charge in [0.25, 0.3) is 0 Å². The summed E-state index contributed by atoms with van der Waals surface area (Å²) in [5, 5.41) is 5.98. The van der Waals surface area contributed by atoms with Crippen LogP contribution >= 0.6 is 23.2 Å². The highest BCUT2D eigenvalue weighted by Crippen LogP contribution is 2.33. The number of hydrogen-bond donors (Lipinski definition) is 2. The van der Waals surface area contributed by atoms with E-state index in [1.54, 1.807) is 18.2 Å². The number of benzene rings is 1. The first-order chi connectivity index (χ1) is 12.0. The largest absolute Gasteiger partial charge is 0.462 e. The number of carbonyl (C=O) groups is 2. The van der Waals surface area contributed by atoms with Crippen LogP contribution in [0.4, 0.5) is 4.79 Å². The van der Waals surface area contributed by atoms with Gasteiger partial charge in [-0.25, -0.2) is 4.79 Å². The van der Waals surface area contributed by atoms with Crippen molar-refractivity contribution in [3.05, 3.63) is 46.1 Å². The van der Waals surface area contributed by atoms with Crippen LogP contribution in [0.1, 0.15) is 24.4 Å². The van der Waals surface area contributed by atoms with Gasteiger partial charge in [0, 0.05) is 12.3 Å². The van der Waals surface area contributed by atoms with Gasteiger partial charge in [0.05, 0.1) is 22.2 Å². The summed E-state index contributed by atoms with van der Waals surface area (Å²) >= 11 is 12.0. The Hall–Kier alpha value is -1.76. The van der Waals surface area contributed by atoms with E-state index in [-0.39, 0.29) is 18.4 Å². The number of nitrogens with one attached hydrogen (secondary N) is 2. The Labute approximate surface area is 155 Å². The highest BCUT2D eigenvalue weighted by atomic mass is 35.5. The summed E-state index contributed by atoms with van der Waals surface area (Å²) < 4.78 is 10.9. The fraction of sp³-hybridized carbons (Fsp3) is 0.412. The second-order valence-corrected chi connectivity index (χ2v) is 6.83. The van der Waals surface area contributed by atoms with Gasteiger partial charge in [-0.3, -0.25) is 4.79 Å². The van der Waals surface area contributed by atoms with Crippen molar-refractivity contribution in [3.63, 3.8) is 0 Å². The van der Waals surface area contributed by atoms with Crippen molar-refractivity contribution in [2.75, 3.05) is 13.2 Å². The average Bonchev–Trinajstić information content (AvgIpc) is 3.08. The summed E-state index contributed by atoms with van der Waals surface area (Å²) in [6, 6.07) is 3.86. The number of halogens is 2. The maximum atomic E-state index is 12.6. The van der Waals surface area contributed by atoms with Gasteiger partial charge in [0.2, 0.25) is 0 Å². The second kappa shape index (κ2) is 7.64. The van der Waals surface area contributed by atoms with Crippen LogP contribution in [-0.2, 0) is 14.3 Å². The molecule has 3 atom stereocenters. The number of amides is 2. The summed E-state index contributed by atoms with van der Waals surface area (Å²) in [5.74, 6) is -1.26. The maximum Gasteiger partial charge on any atom is 0.319 e. The molecule has 134 valence electrons. The van der Waals surface area contributed by atoms with Gasteiger partial charge >= 0.3 is 12.0 Å². The molecule has 6 nitrogen and oxygen atoms in total. The minimum Gasteiger partial charge on any atom is -0.462 e. The molecule has 0 bridgehead atoms. The molecule has 3 unspecified atom stereocenters. The Morgan fingerprint density at radius 2 is 2.16 bits per heavy atom. The van der Waals surface area contributed by atoms with Gasteiger partial charge in [-0.05, 0) is 30.5 Å². The van der Waals surface area contributed by atoms with Crippen molar-refractivity contribution >= 4 is 35.2 Å². The molecular formula is C17H18Cl2N2O4. The molecule has 2 N–H and O–H groups in total. The van der Waals surface area contributed by atoms with E-state index < -0.39 is 24.0 Å². The van der Waals surface area contributed by atoms with Gasteiger partial charge in [-0.2, -0.15) is 0 Å². The molecule has 2 saturated heterocycles. The molecule has 3 rings (SSSR count). The van der Waals surface area contributed by atoms with E-state index >= 15 is 0 Å². The van der Waals surface area contributed by atoms with Crippen molar-refractivity contribution in [2.24, 2.45) is 5.92 Å². The Kier molecular flexibility index (Phi) is 5.51. The fourth-order valence-electron chi connectivity index (χ4n) is 2.99. The molecule has 0 aliphatic carbocycles. The van der Waals surface area contributed by atoms with Crippen LogP contribution in [0.3, 0.4) is 0 Å². The van der Waals surface area contributed by atoms with Crippen LogP contribution in [0.5, 0.6) is 0 Å². The summed E-state index contributed by atoms with van der Waals surface area (Å²) in [6.45, 7) is 4.67. The summed E-state index contributed by atoms with van der Waals surface area (Å²) in [4.78, 5) is 24.4. The Morgan fingerprint density at radius 1 is 1.36 bits per heavy atom. The highest BCUT2D eigenvalue weighted by molar-refractivity contribution is 6.42. The average molecular weight is 385 g/mol. The summed E-state index contributed by atoms with van der Waals surface area (Å²) in [5.41, 5.74) is 0.918. The first-order valence-corrected chi connectivity index (χ1v) is 8.71. The van der Waals surface area contributed by atoms with E-state index in [0.29, 0.717) is 22.2 Å². The smallest absolute Gasteiger partial charge is 0.319 e. The van der Waals surface area contributed by atoms with Crippen molar-refractivity contribution in [2.45, 2.75) is 25.0 Å². The first-order valence-electron chi connectivity index (χ1n) is 7.95. The number of carbonyl (C=O) groups excluding carboxylic acids is 2. The molecule has 0 spiro atoms. The Balaban J connectivity index is 1.79.